The van der Waals surface area contributed by atoms with Crippen molar-refractivity contribution in [2.75, 3.05) is 0 Å². The van der Waals surface area contributed by atoms with Crippen LogP contribution in [-0.2, 0) is 11.9 Å². The van der Waals surface area contributed by atoms with Gasteiger partial charge in [0.05, 0.1) is 5.69 Å². The first kappa shape index (κ1) is 11.1. The standard InChI is InChI=1S/C13H12BrNO/c14-9-11-5-1-2-7-13(11)16-10-12-6-3-4-8-15-12/h1-8H,9-10H2. The summed E-state index contributed by atoms with van der Waals surface area (Å²) in [6, 6.07) is 13.8. The van der Waals surface area contributed by atoms with Crippen molar-refractivity contribution in [1.29, 1.82) is 0 Å². The van der Waals surface area contributed by atoms with Gasteiger partial charge in [0, 0.05) is 17.1 Å². The van der Waals surface area contributed by atoms with Gasteiger partial charge in [-0.2, -0.15) is 0 Å². The SMILES string of the molecule is BrCc1ccccc1OCc1ccccn1. The van der Waals surface area contributed by atoms with Crippen LogP contribution in [0.2, 0.25) is 0 Å². The van der Waals surface area contributed by atoms with Crippen LogP contribution in [0.4, 0.5) is 0 Å². The van der Waals surface area contributed by atoms with E-state index in [2.05, 4.69) is 20.9 Å². The maximum atomic E-state index is 5.72. The Labute approximate surface area is 103 Å². The zero-order valence-corrected chi connectivity index (χ0v) is 10.4. The minimum atomic E-state index is 0.505. The van der Waals surface area contributed by atoms with E-state index in [0.717, 1.165) is 22.3 Å². The van der Waals surface area contributed by atoms with Crippen LogP contribution in [0.15, 0.2) is 48.7 Å². The van der Waals surface area contributed by atoms with Crippen molar-refractivity contribution in [2.24, 2.45) is 0 Å². The molecule has 0 aliphatic heterocycles. The molecule has 0 aliphatic carbocycles. The average molecular weight is 278 g/mol. The number of hydrogen-bond acceptors (Lipinski definition) is 2. The van der Waals surface area contributed by atoms with E-state index in [0.29, 0.717) is 6.61 Å². The van der Waals surface area contributed by atoms with Gasteiger partial charge in [0.25, 0.3) is 0 Å². The van der Waals surface area contributed by atoms with Crippen LogP contribution in [0.5, 0.6) is 5.75 Å². The van der Waals surface area contributed by atoms with E-state index in [1.165, 1.54) is 0 Å². The molecule has 0 unspecified atom stereocenters. The van der Waals surface area contributed by atoms with E-state index < -0.39 is 0 Å². The molecule has 0 amide bonds. The Bertz CT molecular complexity index is 445. The number of para-hydroxylation sites is 1. The summed E-state index contributed by atoms with van der Waals surface area (Å²) in [6.45, 7) is 0.505. The fourth-order valence-corrected chi connectivity index (χ4v) is 1.85. The highest BCUT2D eigenvalue weighted by molar-refractivity contribution is 9.08. The van der Waals surface area contributed by atoms with E-state index in [9.17, 15) is 0 Å². The number of halogens is 1. The Hall–Kier alpha value is -1.35. The summed E-state index contributed by atoms with van der Waals surface area (Å²) >= 11 is 3.44. The highest BCUT2D eigenvalue weighted by atomic mass is 79.9. The zero-order valence-electron chi connectivity index (χ0n) is 8.77. The zero-order chi connectivity index (χ0) is 11.2. The van der Waals surface area contributed by atoms with Gasteiger partial charge in [0.15, 0.2) is 0 Å². The van der Waals surface area contributed by atoms with Gasteiger partial charge in [-0.15, -0.1) is 0 Å². The van der Waals surface area contributed by atoms with Crippen LogP contribution in [0, 0.1) is 0 Å². The molecule has 0 spiro atoms. The molecule has 0 radical (unpaired) electrons. The van der Waals surface area contributed by atoms with E-state index in [-0.39, 0.29) is 0 Å². The Morgan fingerprint density at radius 3 is 2.62 bits per heavy atom. The molecule has 2 nitrogen and oxygen atoms in total. The number of aromatic nitrogens is 1. The van der Waals surface area contributed by atoms with E-state index in [1.54, 1.807) is 6.20 Å². The van der Waals surface area contributed by atoms with E-state index in [4.69, 9.17) is 4.74 Å². The number of nitrogens with zero attached hydrogens (tertiary/aromatic N) is 1. The summed E-state index contributed by atoms with van der Waals surface area (Å²) in [6.07, 6.45) is 1.77. The summed E-state index contributed by atoms with van der Waals surface area (Å²) in [5.74, 6) is 0.907. The van der Waals surface area contributed by atoms with Gasteiger partial charge >= 0.3 is 0 Å². The van der Waals surface area contributed by atoms with Crippen LogP contribution in [0.25, 0.3) is 0 Å². The molecule has 0 N–H and O–H groups in total. The van der Waals surface area contributed by atoms with Crippen LogP contribution in [0.3, 0.4) is 0 Å². The minimum absolute atomic E-state index is 0.505. The highest BCUT2D eigenvalue weighted by Crippen LogP contribution is 2.21. The molecule has 0 atom stereocenters. The number of pyridine rings is 1. The minimum Gasteiger partial charge on any atom is -0.487 e. The van der Waals surface area contributed by atoms with Crippen molar-refractivity contribution < 1.29 is 4.74 Å². The van der Waals surface area contributed by atoms with Gasteiger partial charge < -0.3 is 4.74 Å². The Morgan fingerprint density at radius 1 is 1.06 bits per heavy atom. The third-order valence-corrected chi connectivity index (χ3v) is 2.82. The number of ether oxygens (including phenoxy) is 1. The van der Waals surface area contributed by atoms with Gasteiger partial charge in [-0.05, 0) is 18.2 Å². The molecule has 3 heteroatoms. The van der Waals surface area contributed by atoms with Gasteiger partial charge in [-0.3, -0.25) is 4.98 Å². The van der Waals surface area contributed by atoms with Gasteiger partial charge in [0.1, 0.15) is 12.4 Å². The third kappa shape index (κ3) is 2.83. The van der Waals surface area contributed by atoms with Crippen molar-refractivity contribution in [3.63, 3.8) is 0 Å². The first-order chi connectivity index (χ1) is 7.90. The lowest BCUT2D eigenvalue weighted by Gasteiger charge is -2.08. The molecule has 1 aromatic carbocycles. The summed E-state index contributed by atoms with van der Waals surface area (Å²) < 4.78 is 5.72. The maximum Gasteiger partial charge on any atom is 0.130 e. The monoisotopic (exact) mass is 277 g/mol. The molecule has 0 saturated heterocycles. The fraction of sp³-hybridized carbons (Fsp3) is 0.154. The van der Waals surface area contributed by atoms with Crippen LogP contribution in [-0.4, -0.2) is 4.98 Å². The predicted molar refractivity (Wildman–Crippen MR) is 67.6 cm³/mol. The molecule has 0 bridgehead atoms. The summed E-state index contributed by atoms with van der Waals surface area (Å²) in [5, 5.41) is 0.797. The van der Waals surface area contributed by atoms with Gasteiger partial charge in [-0.25, -0.2) is 0 Å². The summed E-state index contributed by atoms with van der Waals surface area (Å²) in [7, 11) is 0. The van der Waals surface area contributed by atoms with Crippen LogP contribution < -0.4 is 4.74 Å². The largest absolute Gasteiger partial charge is 0.487 e. The molecule has 82 valence electrons. The highest BCUT2D eigenvalue weighted by Gasteiger charge is 2.01. The quantitative estimate of drug-likeness (QED) is 0.798. The number of alkyl halides is 1. The molecule has 1 heterocycles. The van der Waals surface area contributed by atoms with Crippen molar-refractivity contribution in [3.05, 3.63) is 59.9 Å². The van der Waals surface area contributed by atoms with Crippen molar-refractivity contribution in [1.82, 2.24) is 4.98 Å². The molecule has 0 saturated carbocycles. The second-order valence-electron chi connectivity index (χ2n) is 3.35. The van der Waals surface area contributed by atoms with Crippen LogP contribution in [0.1, 0.15) is 11.3 Å². The molecular formula is C13H12BrNO. The van der Waals surface area contributed by atoms with E-state index >= 15 is 0 Å². The molecule has 2 rings (SSSR count). The second kappa shape index (κ2) is 5.66. The number of rotatable bonds is 4. The Morgan fingerprint density at radius 2 is 1.88 bits per heavy atom. The molecule has 0 aliphatic rings. The third-order valence-electron chi connectivity index (χ3n) is 2.22. The average Bonchev–Trinajstić information content (AvgIpc) is 2.38. The van der Waals surface area contributed by atoms with Crippen molar-refractivity contribution >= 4 is 15.9 Å². The predicted octanol–water partition coefficient (Wildman–Crippen LogP) is 3.56. The molecule has 16 heavy (non-hydrogen) atoms. The number of benzene rings is 1. The van der Waals surface area contributed by atoms with Gasteiger partial charge in [0.2, 0.25) is 0 Å². The number of hydrogen-bond donors (Lipinski definition) is 0. The molecule has 1 aromatic heterocycles. The van der Waals surface area contributed by atoms with Crippen molar-refractivity contribution in [2.45, 2.75) is 11.9 Å². The fourth-order valence-electron chi connectivity index (χ4n) is 1.39. The van der Waals surface area contributed by atoms with Crippen LogP contribution >= 0.6 is 15.9 Å². The Balaban J connectivity index is 2.05. The van der Waals surface area contributed by atoms with Crippen molar-refractivity contribution in [3.8, 4) is 5.75 Å². The molecular weight excluding hydrogens is 266 g/mol. The Kier molecular flexibility index (Phi) is 3.94. The first-order valence-corrected chi connectivity index (χ1v) is 6.19. The topological polar surface area (TPSA) is 22.1 Å². The first-order valence-electron chi connectivity index (χ1n) is 5.06. The smallest absolute Gasteiger partial charge is 0.130 e. The maximum absolute atomic E-state index is 5.72. The lowest BCUT2D eigenvalue weighted by atomic mass is 10.2. The normalized spacial score (nSPS) is 10.1. The summed E-state index contributed by atoms with van der Waals surface area (Å²) in [4.78, 5) is 4.21. The second-order valence-corrected chi connectivity index (χ2v) is 3.91. The van der Waals surface area contributed by atoms with Gasteiger partial charge in [-0.1, -0.05) is 40.2 Å². The van der Waals surface area contributed by atoms with E-state index in [1.807, 2.05) is 42.5 Å². The summed E-state index contributed by atoms with van der Waals surface area (Å²) in [5.41, 5.74) is 2.09. The lowest BCUT2D eigenvalue weighted by molar-refractivity contribution is 0.299. The molecule has 0 fully saturated rings. The lowest BCUT2D eigenvalue weighted by Crippen LogP contribution is -1.99. The molecule has 2 aromatic rings.